The third kappa shape index (κ3) is 5.06. The summed E-state index contributed by atoms with van der Waals surface area (Å²) in [6.07, 6.45) is 7.61. The molecule has 5 nitrogen and oxygen atoms in total. The number of halogens is 2. The predicted molar refractivity (Wildman–Crippen MR) is 139 cm³/mol. The first-order valence-electron chi connectivity index (χ1n) is 12.4. The summed E-state index contributed by atoms with van der Waals surface area (Å²) in [7, 11) is 0. The first kappa shape index (κ1) is 23.5. The van der Waals surface area contributed by atoms with E-state index in [4.69, 9.17) is 27.6 Å². The molecule has 0 unspecified atom stereocenters. The largest absolute Gasteiger partial charge is 0.423 e. The molecule has 2 aliphatic rings. The summed E-state index contributed by atoms with van der Waals surface area (Å²) in [4.78, 5) is 19.7. The predicted octanol–water partition coefficient (Wildman–Crippen LogP) is 7.10. The van der Waals surface area contributed by atoms with E-state index in [1.54, 1.807) is 0 Å². The standard InChI is InChI=1S/C27H31Cl2N3O2/c1-2-17-4-3-5-21(14-17)30-26(33)19-10-12-32(13-11-19)27-31-24-16-23(29)22(15-25(24)34-27)18-6-8-20(28)9-7-18/h6-9,15-17,19,21H,2-5,10-14H2,1H3,(H,30,33)/t17-,21-/m0/s1. The molecule has 1 aromatic heterocycles. The van der Waals surface area contributed by atoms with Crippen LogP contribution in [0.2, 0.25) is 10.0 Å². The highest BCUT2D eigenvalue weighted by atomic mass is 35.5. The molecule has 0 spiro atoms. The Morgan fingerprint density at radius 3 is 2.62 bits per heavy atom. The van der Waals surface area contributed by atoms with Crippen molar-refractivity contribution in [1.82, 2.24) is 10.3 Å². The summed E-state index contributed by atoms with van der Waals surface area (Å²) in [5.74, 6) is 1.04. The van der Waals surface area contributed by atoms with Crippen LogP contribution in [-0.2, 0) is 4.79 Å². The number of nitrogens with zero attached hydrogens (tertiary/aromatic N) is 2. The highest BCUT2D eigenvalue weighted by molar-refractivity contribution is 6.34. The fourth-order valence-electron chi connectivity index (χ4n) is 5.37. The molecule has 5 rings (SSSR count). The lowest BCUT2D eigenvalue weighted by Gasteiger charge is -2.33. The summed E-state index contributed by atoms with van der Waals surface area (Å²) in [6.45, 7) is 3.76. The molecule has 1 amide bonds. The van der Waals surface area contributed by atoms with Crippen molar-refractivity contribution in [2.24, 2.45) is 11.8 Å². The van der Waals surface area contributed by atoms with Gasteiger partial charge in [-0.05, 0) is 61.4 Å². The molecule has 2 aromatic carbocycles. The third-order valence-electron chi connectivity index (χ3n) is 7.46. The molecule has 34 heavy (non-hydrogen) atoms. The number of anilines is 1. The van der Waals surface area contributed by atoms with E-state index in [9.17, 15) is 4.79 Å². The number of carbonyl (C=O) groups excluding carboxylic acids is 1. The minimum atomic E-state index is 0.0635. The van der Waals surface area contributed by atoms with E-state index in [-0.39, 0.29) is 11.8 Å². The molecule has 1 N–H and O–H groups in total. The molecular formula is C27H31Cl2N3O2. The second kappa shape index (κ2) is 10.2. The van der Waals surface area contributed by atoms with E-state index < -0.39 is 0 Å². The molecule has 0 radical (unpaired) electrons. The Kier molecular flexibility index (Phi) is 7.03. The van der Waals surface area contributed by atoms with Crippen molar-refractivity contribution in [3.05, 3.63) is 46.4 Å². The van der Waals surface area contributed by atoms with Crippen LogP contribution in [-0.4, -0.2) is 30.0 Å². The highest BCUT2D eigenvalue weighted by Crippen LogP contribution is 2.35. The van der Waals surface area contributed by atoms with Crippen molar-refractivity contribution in [2.45, 2.75) is 57.9 Å². The van der Waals surface area contributed by atoms with E-state index in [0.717, 1.165) is 61.3 Å². The maximum Gasteiger partial charge on any atom is 0.298 e. The van der Waals surface area contributed by atoms with Crippen LogP contribution in [0.5, 0.6) is 0 Å². The number of oxazole rings is 1. The summed E-state index contributed by atoms with van der Waals surface area (Å²) >= 11 is 12.6. The summed E-state index contributed by atoms with van der Waals surface area (Å²) in [5, 5.41) is 4.65. The van der Waals surface area contributed by atoms with Crippen LogP contribution in [0.1, 0.15) is 51.9 Å². The molecule has 2 fully saturated rings. The number of amides is 1. The van der Waals surface area contributed by atoms with Crippen LogP contribution >= 0.6 is 23.2 Å². The van der Waals surface area contributed by atoms with Gasteiger partial charge in [-0.1, -0.05) is 61.5 Å². The number of fused-ring (bicyclic) bond motifs is 1. The number of hydrogen-bond acceptors (Lipinski definition) is 4. The topological polar surface area (TPSA) is 58.4 Å². The van der Waals surface area contributed by atoms with E-state index in [1.165, 1.54) is 19.3 Å². The Labute approximate surface area is 210 Å². The summed E-state index contributed by atoms with van der Waals surface area (Å²) in [6, 6.07) is 12.3. The van der Waals surface area contributed by atoms with Gasteiger partial charge in [-0.3, -0.25) is 4.79 Å². The quantitative estimate of drug-likeness (QED) is 0.406. The fourth-order valence-corrected chi connectivity index (χ4v) is 5.76. The van der Waals surface area contributed by atoms with Crippen LogP contribution in [0, 0.1) is 11.8 Å². The Morgan fingerprint density at radius 1 is 1.12 bits per heavy atom. The molecule has 3 aromatic rings. The summed E-state index contributed by atoms with van der Waals surface area (Å²) < 4.78 is 6.12. The highest BCUT2D eigenvalue weighted by Gasteiger charge is 2.30. The lowest BCUT2D eigenvalue weighted by molar-refractivity contribution is -0.126. The maximum atomic E-state index is 12.9. The zero-order valence-corrected chi connectivity index (χ0v) is 21.0. The molecule has 1 aliphatic carbocycles. The molecule has 180 valence electrons. The monoisotopic (exact) mass is 499 g/mol. The number of hydrogen-bond donors (Lipinski definition) is 1. The zero-order valence-electron chi connectivity index (χ0n) is 19.5. The van der Waals surface area contributed by atoms with E-state index in [2.05, 4.69) is 22.1 Å². The Hall–Kier alpha value is -2.24. The SMILES string of the molecule is CC[C@H]1CCC[C@H](NC(=O)C2CCN(c3nc4cc(Cl)c(-c5ccc(Cl)cc5)cc4o3)CC2)C1. The van der Waals surface area contributed by atoms with Crippen LogP contribution in [0.25, 0.3) is 22.2 Å². The number of nitrogens with one attached hydrogen (secondary N) is 1. The number of benzene rings is 2. The minimum Gasteiger partial charge on any atom is -0.423 e. The van der Waals surface area contributed by atoms with Crippen LogP contribution in [0.4, 0.5) is 6.01 Å². The number of aromatic nitrogens is 1. The smallest absolute Gasteiger partial charge is 0.298 e. The van der Waals surface area contributed by atoms with E-state index in [1.807, 2.05) is 36.4 Å². The average molecular weight is 500 g/mol. The molecule has 7 heteroatoms. The van der Waals surface area contributed by atoms with Gasteiger partial charge in [0.15, 0.2) is 5.58 Å². The van der Waals surface area contributed by atoms with Crippen LogP contribution in [0.3, 0.4) is 0 Å². The Bertz CT molecular complexity index is 1150. The molecule has 0 bridgehead atoms. The van der Waals surface area contributed by atoms with Gasteiger partial charge in [0.1, 0.15) is 5.52 Å². The number of rotatable bonds is 5. The average Bonchev–Trinajstić information content (AvgIpc) is 3.27. The van der Waals surface area contributed by atoms with Gasteiger partial charge in [0.2, 0.25) is 5.91 Å². The Morgan fingerprint density at radius 2 is 1.88 bits per heavy atom. The van der Waals surface area contributed by atoms with Crippen molar-refractivity contribution >= 4 is 46.2 Å². The van der Waals surface area contributed by atoms with Gasteiger partial charge < -0.3 is 14.6 Å². The third-order valence-corrected chi connectivity index (χ3v) is 8.03. The molecule has 1 saturated carbocycles. The van der Waals surface area contributed by atoms with Crippen molar-refractivity contribution in [1.29, 1.82) is 0 Å². The van der Waals surface area contributed by atoms with Crippen molar-refractivity contribution in [3.63, 3.8) is 0 Å². The minimum absolute atomic E-state index is 0.0635. The fraction of sp³-hybridized carbons (Fsp3) is 0.481. The van der Waals surface area contributed by atoms with Gasteiger partial charge >= 0.3 is 0 Å². The van der Waals surface area contributed by atoms with Crippen molar-refractivity contribution < 1.29 is 9.21 Å². The first-order valence-corrected chi connectivity index (χ1v) is 13.2. The van der Waals surface area contributed by atoms with Crippen LogP contribution in [0.15, 0.2) is 40.8 Å². The Balaban J connectivity index is 1.23. The van der Waals surface area contributed by atoms with Gasteiger partial charge in [0.25, 0.3) is 6.01 Å². The molecular weight excluding hydrogens is 469 g/mol. The normalized spacial score (nSPS) is 21.7. The van der Waals surface area contributed by atoms with Gasteiger partial charge in [0, 0.05) is 35.6 Å². The molecule has 1 saturated heterocycles. The number of piperidine rings is 1. The second-order valence-electron chi connectivity index (χ2n) is 9.71. The zero-order chi connectivity index (χ0) is 23.7. The summed E-state index contributed by atoms with van der Waals surface area (Å²) in [5.41, 5.74) is 3.30. The van der Waals surface area contributed by atoms with Gasteiger partial charge in [0.05, 0.1) is 5.02 Å². The van der Waals surface area contributed by atoms with E-state index in [0.29, 0.717) is 27.7 Å². The molecule has 1 aliphatic heterocycles. The van der Waals surface area contributed by atoms with E-state index >= 15 is 0 Å². The van der Waals surface area contributed by atoms with Crippen molar-refractivity contribution in [2.75, 3.05) is 18.0 Å². The molecule has 2 heterocycles. The van der Waals surface area contributed by atoms with Gasteiger partial charge in [-0.15, -0.1) is 0 Å². The molecule has 2 atom stereocenters. The van der Waals surface area contributed by atoms with Gasteiger partial charge in [-0.25, -0.2) is 0 Å². The maximum absolute atomic E-state index is 12.9. The first-order chi connectivity index (χ1) is 16.5. The lowest BCUT2D eigenvalue weighted by Crippen LogP contribution is -2.45. The lowest BCUT2D eigenvalue weighted by atomic mass is 9.84. The van der Waals surface area contributed by atoms with Gasteiger partial charge in [-0.2, -0.15) is 4.98 Å². The number of carbonyl (C=O) groups is 1. The second-order valence-corrected chi connectivity index (χ2v) is 10.6. The van der Waals surface area contributed by atoms with Crippen LogP contribution < -0.4 is 10.2 Å². The van der Waals surface area contributed by atoms with Crippen molar-refractivity contribution in [3.8, 4) is 11.1 Å².